The van der Waals surface area contributed by atoms with Crippen molar-refractivity contribution < 1.29 is 23.8 Å². The third kappa shape index (κ3) is 4.02. The fourth-order valence-electron chi connectivity index (χ4n) is 7.47. The molecular formula is C32H35FN4O5. The number of hydrogen-bond acceptors (Lipinski definition) is 7. The highest BCUT2D eigenvalue weighted by Crippen LogP contribution is 2.46. The predicted octanol–water partition coefficient (Wildman–Crippen LogP) is 3.41. The topological polar surface area (TPSA) is 123 Å². The third-order valence-electron chi connectivity index (χ3n) is 9.95. The number of aliphatic hydroxyl groups is 1. The molecule has 9 nitrogen and oxygen atoms in total. The Bertz CT molecular complexity index is 1730. The summed E-state index contributed by atoms with van der Waals surface area (Å²) in [6, 6.07) is 2.79. The van der Waals surface area contributed by atoms with Crippen molar-refractivity contribution in [2.75, 3.05) is 13.1 Å². The number of nitrogens with one attached hydrogen (secondary N) is 2. The highest BCUT2D eigenvalue weighted by Gasteiger charge is 2.46. The van der Waals surface area contributed by atoms with Gasteiger partial charge in [-0.25, -0.2) is 14.2 Å². The molecule has 2 aromatic heterocycles. The number of nitrogens with zero attached hydrogens (tertiary/aromatic N) is 2. The van der Waals surface area contributed by atoms with Crippen molar-refractivity contribution >= 4 is 22.8 Å². The van der Waals surface area contributed by atoms with E-state index in [0.29, 0.717) is 47.6 Å². The van der Waals surface area contributed by atoms with Gasteiger partial charge in [-0.3, -0.25) is 9.59 Å². The first kappa shape index (κ1) is 27.2. The van der Waals surface area contributed by atoms with E-state index in [4.69, 9.17) is 9.72 Å². The first-order valence-electron chi connectivity index (χ1n) is 15.0. The number of esters is 1. The molecule has 1 fully saturated rings. The van der Waals surface area contributed by atoms with Crippen LogP contribution < -0.4 is 16.2 Å². The van der Waals surface area contributed by atoms with Crippen LogP contribution in [-0.4, -0.2) is 39.6 Å². The second kappa shape index (κ2) is 9.98. The van der Waals surface area contributed by atoms with Crippen LogP contribution in [0.25, 0.3) is 22.3 Å². The van der Waals surface area contributed by atoms with E-state index in [2.05, 4.69) is 10.6 Å². The second-order valence-corrected chi connectivity index (χ2v) is 12.2. The summed E-state index contributed by atoms with van der Waals surface area (Å²) in [5.41, 5.74) is 2.81. The minimum absolute atomic E-state index is 0.00802. The molecule has 3 aliphatic heterocycles. The first-order valence-corrected chi connectivity index (χ1v) is 15.0. The summed E-state index contributed by atoms with van der Waals surface area (Å²) in [7, 11) is 0. The van der Waals surface area contributed by atoms with E-state index in [0.717, 1.165) is 54.4 Å². The molecule has 0 radical (unpaired) electrons. The zero-order valence-corrected chi connectivity index (χ0v) is 23.9. The van der Waals surface area contributed by atoms with Crippen molar-refractivity contribution in [2.24, 2.45) is 5.92 Å². The number of halogens is 1. The highest BCUT2D eigenvalue weighted by atomic mass is 19.1. The Morgan fingerprint density at radius 3 is 2.76 bits per heavy atom. The van der Waals surface area contributed by atoms with Gasteiger partial charge in [0.05, 0.1) is 35.1 Å². The molecule has 0 bridgehead atoms. The zero-order valence-electron chi connectivity index (χ0n) is 23.9. The number of ether oxygens (including phenoxy) is 1. The van der Waals surface area contributed by atoms with Crippen molar-refractivity contribution in [1.82, 2.24) is 20.2 Å². The molecule has 0 spiro atoms. The van der Waals surface area contributed by atoms with Crippen LogP contribution >= 0.6 is 0 Å². The van der Waals surface area contributed by atoms with Crippen LogP contribution in [0.1, 0.15) is 84.9 Å². The summed E-state index contributed by atoms with van der Waals surface area (Å²) >= 11 is 0. The van der Waals surface area contributed by atoms with E-state index in [1.54, 1.807) is 24.5 Å². The Labute approximate surface area is 242 Å². The number of hydrogen-bond donors (Lipinski definition) is 3. The van der Waals surface area contributed by atoms with Gasteiger partial charge >= 0.3 is 5.97 Å². The Morgan fingerprint density at radius 1 is 1.21 bits per heavy atom. The number of aromatic nitrogens is 2. The molecule has 3 N–H and O–H groups in total. The smallest absolute Gasteiger partial charge is 0.343 e. The normalized spacial score (nSPS) is 22.9. The van der Waals surface area contributed by atoms with Gasteiger partial charge in [-0.2, -0.15) is 0 Å². The van der Waals surface area contributed by atoms with Crippen molar-refractivity contribution in [1.29, 1.82) is 0 Å². The molecule has 3 aromatic rings. The maximum Gasteiger partial charge on any atom is 0.343 e. The second-order valence-electron chi connectivity index (χ2n) is 12.2. The summed E-state index contributed by atoms with van der Waals surface area (Å²) in [5.74, 6) is -0.594. The van der Waals surface area contributed by atoms with Gasteiger partial charge in [-0.1, -0.05) is 6.92 Å². The number of cyclic esters (lactones) is 1. The Kier molecular flexibility index (Phi) is 6.47. The summed E-state index contributed by atoms with van der Waals surface area (Å²) in [6.07, 6.45) is 4.71. The van der Waals surface area contributed by atoms with Gasteiger partial charge in [-0.15, -0.1) is 0 Å². The Morgan fingerprint density at radius 2 is 2.00 bits per heavy atom. The van der Waals surface area contributed by atoms with Gasteiger partial charge in [0.1, 0.15) is 12.4 Å². The molecule has 220 valence electrons. The molecule has 1 aromatic carbocycles. The average molecular weight is 575 g/mol. The Balaban J connectivity index is 1.34. The van der Waals surface area contributed by atoms with Gasteiger partial charge in [0.2, 0.25) is 5.91 Å². The lowest BCUT2D eigenvalue weighted by Crippen LogP contribution is -2.44. The number of carbonyl (C=O) groups excluding carboxylic acids is 2. The van der Waals surface area contributed by atoms with Crippen LogP contribution in [0, 0.1) is 18.7 Å². The van der Waals surface area contributed by atoms with E-state index < -0.39 is 11.6 Å². The summed E-state index contributed by atoms with van der Waals surface area (Å²) in [4.78, 5) is 44.5. The SMILES string of the molecule is CC[C@@]1(O)C(=O)OCc2c1cc1n(c2=O)Cc2c-1nc1cc(F)c(C)c3c1c2[C@@H](NC(=O)CCC1CCNCC1)CC3. The molecule has 1 saturated heterocycles. The lowest BCUT2D eigenvalue weighted by atomic mass is 9.81. The van der Waals surface area contributed by atoms with Crippen LogP contribution in [0.3, 0.4) is 0 Å². The number of carbonyl (C=O) groups is 2. The standard InChI is InChI=1S/C32H35FN4O5/c1-3-32(41)21-12-25-29-19(14-37(25)30(39)20(21)15-42-31(32)40)28-23(35-26(38)7-4-17-8-10-34-11-9-17)6-5-18-16(2)22(33)13-24(36-29)27(18)28/h12-13,17,23,34,41H,3-11,14-15H2,1-2H3,(H,35,38)/t23-,32-/m0/s1. The van der Waals surface area contributed by atoms with Gasteiger partial charge in [0, 0.05) is 29.0 Å². The largest absolute Gasteiger partial charge is 0.458 e. The van der Waals surface area contributed by atoms with Crippen molar-refractivity contribution in [3.63, 3.8) is 0 Å². The lowest BCUT2D eigenvalue weighted by molar-refractivity contribution is -0.172. The number of aryl methyl sites for hydroxylation is 1. The maximum atomic E-state index is 15.1. The van der Waals surface area contributed by atoms with E-state index in [1.165, 1.54) is 6.07 Å². The molecule has 0 saturated carbocycles. The van der Waals surface area contributed by atoms with Gasteiger partial charge in [0.25, 0.3) is 5.56 Å². The van der Waals surface area contributed by atoms with E-state index in [-0.39, 0.29) is 54.0 Å². The lowest BCUT2D eigenvalue weighted by Gasteiger charge is -2.31. The number of amides is 1. The van der Waals surface area contributed by atoms with Gasteiger partial charge in [-0.05, 0) is 87.2 Å². The third-order valence-corrected chi connectivity index (χ3v) is 9.95. The summed E-state index contributed by atoms with van der Waals surface area (Å²) < 4.78 is 21.9. The van der Waals surface area contributed by atoms with E-state index in [1.807, 2.05) is 0 Å². The van der Waals surface area contributed by atoms with Crippen molar-refractivity contribution in [3.05, 3.63) is 61.7 Å². The van der Waals surface area contributed by atoms with Crippen molar-refractivity contribution in [2.45, 2.75) is 83.6 Å². The molecule has 1 aliphatic carbocycles. The minimum atomic E-state index is -1.93. The van der Waals surface area contributed by atoms with Crippen molar-refractivity contribution in [3.8, 4) is 11.4 Å². The fourth-order valence-corrected chi connectivity index (χ4v) is 7.47. The molecule has 42 heavy (non-hydrogen) atoms. The number of pyridine rings is 2. The van der Waals surface area contributed by atoms with Crippen LogP contribution in [0.15, 0.2) is 16.9 Å². The van der Waals surface area contributed by atoms with Gasteiger partial charge in [0.15, 0.2) is 5.60 Å². The summed E-state index contributed by atoms with van der Waals surface area (Å²) in [6.45, 7) is 5.43. The summed E-state index contributed by atoms with van der Waals surface area (Å²) in [5, 5.41) is 18.7. The highest BCUT2D eigenvalue weighted by molar-refractivity contribution is 5.94. The van der Waals surface area contributed by atoms with E-state index in [9.17, 15) is 19.5 Å². The molecule has 10 heteroatoms. The number of rotatable bonds is 5. The molecule has 5 heterocycles. The zero-order chi connectivity index (χ0) is 29.3. The molecule has 2 atom stereocenters. The van der Waals surface area contributed by atoms with Crippen LogP contribution in [0.4, 0.5) is 4.39 Å². The van der Waals surface area contributed by atoms with Crippen LogP contribution in [0.5, 0.6) is 0 Å². The molecular weight excluding hydrogens is 539 g/mol. The monoisotopic (exact) mass is 574 g/mol. The molecule has 7 rings (SSSR count). The Hall–Kier alpha value is -3.63. The molecule has 0 unspecified atom stereocenters. The fraction of sp³-hybridized carbons (Fsp3) is 0.500. The quantitative estimate of drug-likeness (QED) is 0.312. The van der Waals surface area contributed by atoms with Crippen LogP contribution in [0.2, 0.25) is 0 Å². The molecule has 4 aliphatic rings. The van der Waals surface area contributed by atoms with Gasteiger partial charge < -0.3 is 25.0 Å². The predicted molar refractivity (Wildman–Crippen MR) is 153 cm³/mol. The molecule has 1 amide bonds. The minimum Gasteiger partial charge on any atom is -0.458 e. The maximum absolute atomic E-state index is 15.1. The first-order chi connectivity index (χ1) is 20.2. The number of fused-ring (bicyclic) bond motifs is 5. The van der Waals surface area contributed by atoms with Crippen LogP contribution in [-0.2, 0) is 39.5 Å². The number of piperidine rings is 1. The average Bonchev–Trinajstić information content (AvgIpc) is 3.36. The van der Waals surface area contributed by atoms with E-state index >= 15 is 4.39 Å². The number of benzene rings is 1.